The molecule has 2 aliphatic heterocycles. The van der Waals surface area contributed by atoms with E-state index in [1.54, 1.807) is 48.5 Å². The fourth-order valence-electron chi connectivity index (χ4n) is 5.06. The van der Waals surface area contributed by atoms with Crippen LogP contribution in [0.25, 0.3) is 0 Å². The summed E-state index contributed by atoms with van der Waals surface area (Å²) in [5.74, 6) is -1.56. The van der Waals surface area contributed by atoms with Crippen molar-refractivity contribution >= 4 is 35.4 Å². The maximum absolute atomic E-state index is 15.2. The summed E-state index contributed by atoms with van der Waals surface area (Å²) in [6.07, 6.45) is 7.53. The summed E-state index contributed by atoms with van der Waals surface area (Å²) in [5, 5.41) is 8.27. The van der Waals surface area contributed by atoms with Gasteiger partial charge in [-0.1, -0.05) is 18.2 Å². The molecule has 0 spiro atoms. The van der Waals surface area contributed by atoms with Gasteiger partial charge in [0.25, 0.3) is 0 Å². The van der Waals surface area contributed by atoms with Crippen LogP contribution in [0.5, 0.6) is 5.75 Å². The van der Waals surface area contributed by atoms with Crippen LogP contribution >= 0.6 is 0 Å². The van der Waals surface area contributed by atoms with E-state index in [4.69, 9.17) is 4.74 Å². The molecule has 1 unspecified atom stereocenters. The van der Waals surface area contributed by atoms with Gasteiger partial charge in [0.05, 0.1) is 5.69 Å². The van der Waals surface area contributed by atoms with E-state index in [2.05, 4.69) is 32.9 Å². The average Bonchev–Trinajstić information content (AvgIpc) is 3.78. The first-order valence-corrected chi connectivity index (χ1v) is 13.8. The molecule has 3 aliphatic rings. The number of urea groups is 1. The van der Waals surface area contributed by atoms with Gasteiger partial charge in [-0.25, -0.2) is 9.18 Å². The van der Waals surface area contributed by atoms with E-state index in [1.807, 2.05) is 6.07 Å². The number of ether oxygens (including phenoxy) is 1. The highest BCUT2D eigenvalue weighted by Crippen LogP contribution is 2.47. The molecular formula is C30H35FN6O4. The Labute approximate surface area is 238 Å². The number of carbonyl (C=O) groups is 3. The number of rotatable bonds is 8. The normalized spacial score (nSPS) is 21.5. The summed E-state index contributed by atoms with van der Waals surface area (Å²) < 4.78 is 21.3. The standard InChI is InChI=1S/C30H35FN6O4/c1-36-18-10-22(11-19-36)37(2)28(40)35-30(14-16-32-17-15-30)41-23-8-9-25(24(31)20-23)34-27(39)29(12-13-29)26(38)33-21-6-4-3-5-7-21/h3-9,14,16-17,20,22H,10-13,15,18-19H2,1-2H3,(H,33,38)(H,34,39)(H,35,40). The number of piperidine rings is 1. The molecule has 1 atom stereocenters. The Kier molecular flexibility index (Phi) is 8.07. The molecule has 1 saturated heterocycles. The van der Waals surface area contributed by atoms with E-state index in [9.17, 15) is 14.4 Å². The predicted molar refractivity (Wildman–Crippen MR) is 154 cm³/mol. The van der Waals surface area contributed by atoms with Crippen LogP contribution in [0.4, 0.5) is 20.6 Å². The number of likely N-dealkylation sites (tertiary alicyclic amines) is 1. The fourth-order valence-corrected chi connectivity index (χ4v) is 5.06. The third-order valence-electron chi connectivity index (χ3n) is 7.94. The van der Waals surface area contributed by atoms with Crippen molar-refractivity contribution in [2.75, 3.05) is 37.8 Å². The fraction of sp³-hybridized carbons (Fsp3) is 0.400. The van der Waals surface area contributed by atoms with Gasteiger partial charge >= 0.3 is 6.03 Å². The monoisotopic (exact) mass is 562 g/mol. The van der Waals surface area contributed by atoms with Crippen molar-refractivity contribution in [2.24, 2.45) is 10.4 Å². The topological polar surface area (TPSA) is 115 Å². The van der Waals surface area contributed by atoms with Gasteiger partial charge in [-0.15, -0.1) is 0 Å². The summed E-state index contributed by atoms with van der Waals surface area (Å²) in [7, 11) is 3.83. The number of aliphatic imine (C=N–C) groups is 1. The Balaban J connectivity index is 1.24. The van der Waals surface area contributed by atoms with Gasteiger partial charge in [-0.2, -0.15) is 0 Å². The number of hydrogen-bond acceptors (Lipinski definition) is 6. The third-order valence-corrected chi connectivity index (χ3v) is 7.94. The van der Waals surface area contributed by atoms with Crippen LogP contribution in [-0.4, -0.2) is 72.8 Å². The van der Waals surface area contributed by atoms with Crippen LogP contribution in [0.3, 0.4) is 0 Å². The number of hydrogen-bond donors (Lipinski definition) is 3. The van der Waals surface area contributed by atoms with Gasteiger partial charge in [0.2, 0.25) is 17.5 Å². The summed E-state index contributed by atoms with van der Waals surface area (Å²) in [6.45, 7) is 1.83. The van der Waals surface area contributed by atoms with Crippen LogP contribution < -0.4 is 20.7 Å². The zero-order valence-corrected chi connectivity index (χ0v) is 23.2. The molecule has 10 nitrogen and oxygen atoms in total. The molecule has 1 saturated carbocycles. The van der Waals surface area contributed by atoms with E-state index in [-0.39, 0.29) is 29.9 Å². The molecule has 3 N–H and O–H groups in total. The lowest BCUT2D eigenvalue weighted by Gasteiger charge is -2.38. The molecule has 2 aromatic carbocycles. The van der Waals surface area contributed by atoms with Crippen molar-refractivity contribution in [3.8, 4) is 5.75 Å². The van der Waals surface area contributed by atoms with Gasteiger partial charge in [0.15, 0.2) is 0 Å². The third kappa shape index (κ3) is 6.40. The highest BCUT2D eigenvalue weighted by molar-refractivity contribution is 6.16. The van der Waals surface area contributed by atoms with Crippen molar-refractivity contribution in [3.05, 3.63) is 66.6 Å². The Morgan fingerprint density at radius 3 is 2.39 bits per heavy atom. The number of anilines is 2. The smallest absolute Gasteiger partial charge is 0.320 e. The molecule has 11 heteroatoms. The second-order valence-electron chi connectivity index (χ2n) is 10.9. The van der Waals surface area contributed by atoms with Crippen molar-refractivity contribution in [2.45, 2.75) is 43.9 Å². The zero-order chi connectivity index (χ0) is 29.0. The number of amides is 4. The minimum Gasteiger partial charge on any atom is -0.464 e. The van der Waals surface area contributed by atoms with Crippen LogP contribution in [0, 0.1) is 11.2 Å². The highest BCUT2D eigenvalue weighted by atomic mass is 19.1. The van der Waals surface area contributed by atoms with Crippen molar-refractivity contribution < 1.29 is 23.5 Å². The Morgan fingerprint density at radius 1 is 1.05 bits per heavy atom. The molecule has 4 amide bonds. The molecule has 2 heterocycles. The van der Waals surface area contributed by atoms with Gasteiger partial charge in [-0.3, -0.25) is 19.9 Å². The van der Waals surface area contributed by atoms with Crippen molar-refractivity contribution in [1.82, 2.24) is 15.1 Å². The second-order valence-corrected chi connectivity index (χ2v) is 10.9. The molecule has 5 rings (SSSR count). The minimum absolute atomic E-state index is 0.0676. The van der Waals surface area contributed by atoms with E-state index >= 15 is 4.39 Å². The Morgan fingerprint density at radius 2 is 1.76 bits per heavy atom. The molecule has 0 bridgehead atoms. The lowest BCUT2D eigenvalue weighted by molar-refractivity contribution is -0.131. The van der Waals surface area contributed by atoms with E-state index in [0.717, 1.165) is 32.0 Å². The molecule has 41 heavy (non-hydrogen) atoms. The molecule has 216 valence electrons. The lowest BCUT2D eigenvalue weighted by Crippen LogP contribution is -2.58. The molecule has 1 aliphatic carbocycles. The lowest BCUT2D eigenvalue weighted by atomic mass is 10.0. The van der Waals surface area contributed by atoms with E-state index < -0.39 is 28.8 Å². The number of carbonyl (C=O) groups excluding carboxylic acids is 3. The van der Waals surface area contributed by atoms with E-state index in [0.29, 0.717) is 18.5 Å². The first-order chi connectivity index (χ1) is 19.7. The SMILES string of the molecule is CN1CCC(N(C)C(=O)NC2(Oc3ccc(NC(=O)C4(C(=O)Nc5ccccc5)CC4)c(F)c3)C=CN=CC2)CC1. The Bertz CT molecular complexity index is 1350. The highest BCUT2D eigenvalue weighted by Gasteiger charge is 2.56. The van der Waals surface area contributed by atoms with Crippen LogP contribution in [-0.2, 0) is 9.59 Å². The minimum atomic E-state index is -1.26. The number of nitrogens with zero attached hydrogens (tertiary/aromatic N) is 3. The van der Waals surface area contributed by atoms with Gasteiger partial charge < -0.3 is 25.2 Å². The van der Waals surface area contributed by atoms with Gasteiger partial charge in [-0.05, 0) is 76.2 Å². The van der Waals surface area contributed by atoms with Crippen molar-refractivity contribution in [3.63, 3.8) is 0 Å². The van der Waals surface area contributed by atoms with Crippen LogP contribution in [0.1, 0.15) is 32.1 Å². The quantitative estimate of drug-likeness (QED) is 0.333. The summed E-state index contributed by atoms with van der Waals surface area (Å²) >= 11 is 0. The molecule has 0 radical (unpaired) electrons. The summed E-state index contributed by atoms with van der Waals surface area (Å²) in [4.78, 5) is 47.1. The van der Waals surface area contributed by atoms with Crippen LogP contribution in [0.15, 0.2) is 65.8 Å². The van der Waals surface area contributed by atoms with Crippen LogP contribution in [0.2, 0.25) is 0 Å². The van der Waals surface area contributed by atoms with Crippen molar-refractivity contribution in [1.29, 1.82) is 0 Å². The predicted octanol–water partition coefficient (Wildman–Crippen LogP) is 3.98. The summed E-state index contributed by atoms with van der Waals surface area (Å²) in [5.41, 5.74) is -1.98. The number of nitrogens with one attached hydrogen (secondary N) is 3. The number of benzene rings is 2. The molecular weight excluding hydrogens is 527 g/mol. The first-order valence-electron chi connectivity index (χ1n) is 13.8. The Hall–Kier alpha value is -4.25. The molecule has 2 aromatic rings. The molecule has 0 aromatic heterocycles. The number of para-hydroxylation sites is 1. The first kappa shape index (κ1) is 28.3. The summed E-state index contributed by atoms with van der Waals surface area (Å²) in [6, 6.07) is 12.7. The van der Waals surface area contributed by atoms with Gasteiger partial charge in [0.1, 0.15) is 17.0 Å². The maximum atomic E-state index is 15.2. The zero-order valence-electron chi connectivity index (χ0n) is 23.2. The van der Waals surface area contributed by atoms with Gasteiger partial charge in [0, 0.05) is 43.7 Å². The second kappa shape index (κ2) is 11.7. The maximum Gasteiger partial charge on any atom is 0.320 e. The largest absolute Gasteiger partial charge is 0.464 e. The van der Waals surface area contributed by atoms with E-state index in [1.165, 1.54) is 18.3 Å². The number of halogens is 1. The average molecular weight is 563 g/mol. The molecule has 2 fully saturated rings.